The quantitative estimate of drug-likeness (QED) is 0.649. The fourth-order valence-electron chi connectivity index (χ4n) is 1.72. The summed E-state index contributed by atoms with van der Waals surface area (Å²) in [6, 6.07) is 1.19. The predicted octanol–water partition coefficient (Wildman–Crippen LogP) is -1.14. The van der Waals surface area contributed by atoms with E-state index in [0.717, 1.165) is 0 Å². The zero-order valence-electron chi connectivity index (χ0n) is 8.05. The third-order valence-electron chi connectivity index (χ3n) is 2.51. The van der Waals surface area contributed by atoms with Crippen molar-refractivity contribution >= 4 is 0 Å². The first-order valence-corrected chi connectivity index (χ1v) is 4.74. The Morgan fingerprint density at radius 1 is 1.60 bits per heavy atom. The molecule has 0 bridgehead atoms. The van der Waals surface area contributed by atoms with E-state index in [-0.39, 0.29) is 18.8 Å². The van der Waals surface area contributed by atoms with Gasteiger partial charge in [0.05, 0.1) is 25.4 Å². The zero-order valence-corrected chi connectivity index (χ0v) is 8.05. The smallest absolute Gasteiger partial charge is 0.328 e. The van der Waals surface area contributed by atoms with Gasteiger partial charge in [0.1, 0.15) is 0 Å². The van der Waals surface area contributed by atoms with Crippen molar-refractivity contribution in [2.24, 2.45) is 0 Å². The van der Waals surface area contributed by atoms with E-state index in [1.165, 1.54) is 16.8 Å². The number of nitrogens with one attached hydrogen (secondary N) is 1. The van der Waals surface area contributed by atoms with E-state index in [2.05, 4.69) is 4.98 Å². The summed E-state index contributed by atoms with van der Waals surface area (Å²) < 4.78 is 6.68. The highest BCUT2D eigenvalue weighted by Gasteiger charge is 2.26. The van der Waals surface area contributed by atoms with Gasteiger partial charge in [-0.2, -0.15) is 0 Å². The lowest BCUT2D eigenvalue weighted by atomic mass is 10.2. The molecule has 2 heterocycles. The van der Waals surface area contributed by atoms with Crippen LogP contribution in [0, 0.1) is 0 Å². The summed E-state index contributed by atoms with van der Waals surface area (Å²) >= 11 is 0. The average molecular weight is 212 g/mol. The van der Waals surface area contributed by atoms with Crippen LogP contribution in [0.4, 0.5) is 0 Å². The second-order valence-corrected chi connectivity index (χ2v) is 3.54. The minimum absolute atomic E-state index is 0.0470. The van der Waals surface area contributed by atoms with Gasteiger partial charge in [0.25, 0.3) is 5.56 Å². The van der Waals surface area contributed by atoms with Crippen LogP contribution >= 0.6 is 0 Å². The summed E-state index contributed by atoms with van der Waals surface area (Å²) in [5.74, 6) is 0. The summed E-state index contributed by atoms with van der Waals surface area (Å²) in [7, 11) is 0. The summed E-state index contributed by atoms with van der Waals surface area (Å²) in [6.45, 7) is 0.339. The van der Waals surface area contributed by atoms with Gasteiger partial charge in [-0.3, -0.25) is 14.3 Å². The number of nitrogens with zero attached hydrogens (tertiary/aromatic N) is 1. The van der Waals surface area contributed by atoms with Crippen LogP contribution < -0.4 is 11.2 Å². The van der Waals surface area contributed by atoms with Crippen molar-refractivity contribution in [1.29, 1.82) is 0 Å². The summed E-state index contributed by atoms with van der Waals surface area (Å²) in [5.41, 5.74) is -0.844. The molecule has 1 saturated heterocycles. The summed E-state index contributed by atoms with van der Waals surface area (Å²) in [6.07, 6.45) is 1.83. The number of aliphatic hydroxyl groups is 1. The molecule has 0 aromatic carbocycles. The molecule has 0 radical (unpaired) electrons. The molecule has 2 N–H and O–H groups in total. The standard InChI is InChI=1S/C9H12N2O4/c12-4-7-3-6(5-15-7)11-2-1-8(13)10-9(11)14/h1-2,6-7,12H,3-5H2,(H,10,13,14)/t6?,7-/m0/s1. The van der Waals surface area contributed by atoms with E-state index in [1.807, 2.05) is 0 Å². The second-order valence-electron chi connectivity index (χ2n) is 3.54. The first kappa shape index (κ1) is 10.1. The van der Waals surface area contributed by atoms with Crippen molar-refractivity contribution in [3.63, 3.8) is 0 Å². The molecular formula is C9H12N2O4. The maximum absolute atomic E-state index is 11.4. The Bertz CT molecular complexity index is 450. The van der Waals surface area contributed by atoms with Crippen molar-refractivity contribution in [3.05, 3.63) is 33.1 Å². The molecule has 0 saturated carbocycles. The molecule has 1 aliphatic rings. The number of hydrogen-bond acceptors (Lipinski definition) is 4. The third kappa shape index (κ3) is 2.00. The lowest BCUT2D eigenvalue weighted by Crippen LogP contribution is -2.31. The van der Waals surface area contributed by atoms with E-state index in [0.29, 0.717) is 13.0 Å². The minimum Gasteiger partial charge on any atom is -0.394 e. The Kier molecular flexibility index (Phi) is 2.70. The van der Waals surface area contributed by atoms with Crippen LogP contribution in [0.15, 0.2) is 21.9 Å². The first-order chi connectivity index (χ1) is 7.20. The van der Waals surface area contributed by atoms with Crippen molar-refractivity contribution in [3.8, 4) is 0 Å². The van der Waals surface area contributed by atoms with Crippen LogP contribution in [0.5, 0.6) is 0 Å². The Morgan fingerprint density at radius 2 is 2.40 bits per heavy atom. The Labute approximate surface area is 85.1 Å². The van der Waals surface area contributed by atoms with Gasteiger partial charge in [0, 0.05) is 12.3 Å². The van der Waals surface area contributed by atoms with Crippen molar-refractivity contribution in [1.82, 2.24) is 9.55 Å². The van der Waals surface area contributed by atoms with Crippen LogP contribution in [0.1, 0.15) is 12.5 Å². The SMILES string of the molecule is O=c1ccn(C2CO[C@H](CO)C2)c(=O)[nH]1. The fraction of sp³-hybridized carbons (Fsp3) is 0.556. The van der Waals surface area contributed by atoms with Gasteiger partial charge in [-0.25, -0.2) is 4.79 Å². The summed E-state index contributed by atoms with van der Waals surface area (Å²) in [4.78, 5) is 24.4. The van der Waals surface area contributed by atoms with E-state index in [9.17, 15) is 9.59 Å². The van der Waals surface area contributed by atoms with Crippen LogP contribution in [0.2, 0.25) is 0 Å². The Morgan fingerprint density at radius 3 is 3.00 bits per heavy atom. The molecular weight excluding hydrogens is 200 g/mol. The van der Waals surface area contributed by atoms with Gasteiger partial charge in [-0.15, -0.1) is 0 Å². The number of rotatable bonds is 2. The van der Waals surface area contributed by atoms with Crippen molar-refractivity contribution < 1.29 is 9.84 Å². The largest absolute Gasteiger partial charge is 0.394 e. The van der Waals surface area contributed by atoms with E-state index < -0.39 is 11.2 Å². The van der Waals surface area contributed by atoms with Crippen LogP contribution in [-0.2, 0) is 4.74 Å². The van der Waals surface area contributed by atoms with Crippen molar-refractivity contribution in [2.45, 2.75) is 18.6 Å². The van der Waals surface area contributed by atoms with E-state index >= 15 is 0 Å². The van der Waals surface area contributed by atoms with Gasteiger partial charge < -0.3 is 9.84 Å². The summed E-state index contributed by atoms with van der Waals surface area (Å²) in [5, 5.41) is 8.87. The molecule has 1 aromatic rings. The van der Waals surface area contributed by atoms with Gasteiger partial charge in [-0.05, 0) is 6.42 Å². The fourth-order valence-corrected chi connectivity index (χ4v) is 1.72. The highest BCUT2D eigenvalue weighted by molar-refractivity contribution is 4.88. The van der Waals surface area contributed by atoms with Crippen LogP contribution in [-0.4, -0.2) is 34.0 Å². The molecule has 2 atom stereocenters. The molecule has 2 rings (SSSR count). The zero-order chi connectivity index (χ0) is 10.8. The molecule has 1 aromatic heterocycles. The van der Waals surface area contributed by atoms with E-state index in [4.69, 9.17) is 9.84 Å². The minimum atomic E-state index is -0.435. The number of hydrogen-bond donors (Lipinski definition) is 2. The van der Waals surface area contributed by atoms with Crippen LogP contribution in [0.25, 0.3) is 0 Å². The first-order valence-electron chi connectivity index (χ1n) is 4.74. The Balaban J connectivity index is 2.24. The monoisotopic (exact) mass is 212 g/mol. The topological polar surface area (TPSA) is 84.3 Å². The highest BCUT2D eigenvalue weighted by Crippen LogP contribution is 2.21. The molecule has 1 unspecified atom stereocenters. The number of H-pyrrole nitrogens is 1. The maximum Gasteiger partial charge on any atom is 0.328 e. The molecule has 6 nitrogen and oxygen atoms in total. The van der Waals surface area contributed by atoms with E-state index in [1.54, 1.807) is 0 Å². The van der Waals surface area contributed by atoms with Crippen molar-refractivity contribution in [2.75, 3.05) is 13.2 Å². The third-order valence-corrected chi connectivity index (χ3v) is 2.51. The van der Waals surface area contributed by atoms with Crippen LogP contribution in [0.3, 0.4) is 0 Å². The molecule has 1 aliphatic heterocycles. The normalized spacial score (nSPS) is 25.7. The highest BCUT2D eigenvalue weighted by atomic mass is 16.5. The average Bonchev–Trinajstić information content (AvgIpc) is 2.66. The predicted molar refractivity (Wildman–Crippen MR) is 51.8 cm³/mol. The molecule has 0 spiro atoms. The lowest BCUT2D eigenvalue weighted by molar-refractivity contribution is 0.0574. The molecule has 82 valence electrons. The van der Waals surface area contributed by atoms with Gasteiger partial charge in [0.15, 0.2) is 0 Å². The molecule has 1 fully saturated rings. The number of ether oxygens (including phenoxy) is 1. The molecule has 0 aliphatic carbocycles. The number of aromatic amines is 1. The molecule has 6 heteroatoms. The Hall–Kier alpha value is -1.40. The second kappa shape index (κ2) is 4.00. The van der Waals surface area contributed by atoms with Gasteiger partial charge in [0.2, 0.25) is 0 Å². The number of aromatic nitrogens is 2. The maximum atomic E-state index is 11.4. The number of aliphatic hydroxyl groups excluding tert-OH is 1. The lowest BCUT2D eigenvalue weighted by Gasteiger charge is -2.10. The molecule has 0 amide bonds. The molecule has 15 heavy (non-hydrogen) atoms. The van der Waals surface area contributed by atoms with Gasteiger partial charge in [-0.1, -0.05) is 0 Å². The van der Waals surface area contributed by atoms with Gasteiger partial charge >= 0.3 is 5.69 Å².